The molecule has 23 heavy (non-hydrogen) atoms. The molecular weight excluding hydrogens is 306 g/mol. The average Bonchev–Trinajstić information content (AvgIpc) is 3.02. The summed E-state index contributed by atoms with van der Waals surface area (Å²) in [5.74, 6) is -3.62. The topological polar surface area (TPSA) is 104 Å². The van der Waals surface area contributed by atoms with Gasteiger partial charge >= 0.3 is 11.9 Å². The van der Waals surface area contributed by atoms with E-state index in [1.165, 1.54) is 18.5 Å². The Balaban J connectivity index is 1.80. The highest BCUT2D eigenvalue weighted by molar-refractivity contribution is 5.93. The summed E-state index contributed by atoms with van der Waals surface area (Å²) in [6, 6.07) is 3.06. The molecule has 2 aliphatic heterocycles. The third-order valence-corrected chi connectivity index (χ3v) is 3.39. The van der Waals surface area contributed by atoms with Crippen LogP contribution in [0.4, 0.5) is 0 Å². The van der Waals surface area contributed by atoms with E-state index in [1.807, 2.05) is 0 Å². The number of cyclic esters (lactones) is 1. The van der Waals surface area contributed by atoms with Crippen LogP contribution in [0.2, 0.25) is 0 Å². The molecule has 3 rings (SSSR count). The van der Waals surface area contributed by atoms with Crippen molar-refractivity contribution in [1.29, 1.82) is 0 Å². The van der Waals surface area contributed by atoms with Gasteiger partial charge in [-0.05, 0) is 26.0 Å². The number of rotatable bonds is 3. The monoisotopic (exact) mass is 321 g/mol. The lowest BCUT2D eigenvalue weighted by Gasteiger charge is -2.21. The van der Waals surface area contributed by atoms with E-state index in [4.69, 9.17) is 18.9 Å². The second kappa shape index (κ2) is 5.64. The van der Waals surface area contributed by atoms with E-state index in [0.29, 0.717) is 0 Å². The summed E-state index contributed by atoms with van der Waals surface area (Å²) in [4.78, 5) is 27.5. The zero-order chi connectivity index (χ0) is 16.6. The Hall–Kier alpha value is -2.45. The van der Waals surface area contributed by atoms with Gasteiger partial charge in [-0.1, -0.05) is 0 Å². The Bertz CT molecular complexity index is 668. The number of carbonyl (C=O) groups is 2. The molecule has 2 aliphatic rings. The van der Waals surface area contributed by atoms with Gasteiger partial charge < -0.3 is 24.1 Å². The number of hydrogen-bond donors (Lipinski definition) is 1. The molecule has 8 nitrogen and oxygen atoms in total. The molecule has 1 fully saturated rings. The maximum absolute atomic E-state index is 12.1. The molecule has 0 aromatic carbocycles. The van der Waals surface area contributed by atoms with Gasteiger partial charge in [-0.3, -0.25) is 4.98 Å². The highest BCUT2D eigenvalue weighted by Gasteiger charge is 2.48. The van der Waals surface area contributed by atoms with Crippen LogP contribution in [-0.2, 0) is 23.7 Å². The summed E-state index contributed by atoms with van der Waals surface area (Å²) in [5.41, 5.74) is 0.176. The second-order valence-corrected chi connectivity index (χ2v) is 5.54. The molecule has 1 N–H and O–H groups in total. The van der Waals surface area contributed by atoms with Crippen LogP contribution >= 0.6 is 0 Å². The molecule has 0 amide bonds. The van der Waals surface area contributed by atoms with Crippen molar-refractivity contribution in [1.82, 2.24) is 4.98 Å². The minimum Gasteiger partial charge on any atom is -0.499 e. The summed E-state index contributed by atoms with van der Waals surface area (Å²) in [6.07, 6.45) is 1.08. The summed E-state index contributed by atoms with van der Waals surface area (Å²) >= 11 is 0. The number of hydrogen-bond acceptors (Lipinski definition) is 8. The Labute approximate surface area is 131 Å². The highest BCUT2D eigenvalue weighted by atomic mass is 16.8. The van der Waals surface area contributed by atoms with Crippen LogP contribution in [0.3, 0.4) is 0 Å². The van der Waals surface area contributed by atoms with E-state index in [1.54, 1.807) is 19.9 Å². The Morgan fingerprint density at radius 1 is 1.48 bits per heavy atom. The lowest BCUT2D eigenvalue weighted by Crippen LogP contribution is -2.34. The number of aliphatic hydroxyl groups is 1. The fourth-order valence-corrected chi connectivity index (χ4v) is 2.32. The smallest absolute Gasteiger partial charge is 0.378 e. The predicted octanol–water partition coefficient (Wildman–Crippen LogP) is 1.08. The molecule has 1 aromatic rings. The van der Waals surface area contributed by atoms with Crippen molar-refractivity contribution in [2.45, 2.75) is 31.8 Å². The van der Waals surface area contributed by atoms with Gasteiger partial charge in [-0.25, -0.2) is 9.59 Å². The fraction of sp³-hybridized carbons (Fsp3) is 0.400. The summed E-state index contributed by atoms with van der Waals surface area (Å²) in [6.45, 7) is 3.54. The lowest BCUT2D eigenvalue weighted by atomic mass is 10.2. The van der Waals surface area contributed by atoms with Gasteiger partial charge in [0.15, 0.2) is 11.9 Å². The molecule has 2 unspecified atom stereocenters. The summed E-state index contributed by atoms with van der Waals surface area (Å²) < 4.78 is 21.2. The molecule has 1 saturated heterocycles. The fourth-order valence-electron chi connectivity index (χ4n) is 2.32. The van der Waals surface area contributed by atoms with Crippen molar-refractivity contribution >= 4 is 11.9 Å². The van der Waals surface area contributed by atoms with Crippen LogP contribution in [0.15, 0.2) is 36.0 Å². The number of nitrogens with zero attached hydrogens (tertiary/aromatic N) is 1. The van der Waals surface area contributed by atoms with E-state index in [0.717, 1.165) is 0 Å². The third kappa shape index (κ3) is 3.03. The standard InChI is InChI=1S/C15H15NO7/c1-15(2)20-7-9(23-15)11-12(10(17)14(19)21-11)22-13(18)8-4-3-5-16-6-8/h3-6,9,11,17H,7H2,1-2H3. The molecular formula is C15H15NO7. The number of carbonyl (C=O) groups excluding carboxylic acids is 2. The molecule has 1 aromatic heterocycles. The number of esters is 2. The maximum atomic E-state index is 12.1. The molecule has 0 spiro atoms. The van der Waals surface area contributed by atoms with E-state index in [2.05, 4.69) is 4.98 Å². The van der Waals surface area contributed by atoms with Crippen molar-refractivity contribution in [2.24, 2.45) is 0 Å². The van der Waals surface area contributed by atoms with E-state index >= 15 is 0 Å². The number of pyridine rings is 1. The van der Waals surface area contributed by atoms with Crippen molar-refractivity contribution in [3.63, 3.8) is 0 Å². The summed E-state index contributed by atoms with van der Waals surface area (Å²) in [7, 11) is 0. The van der Waals surface area contributed by atoms with Crippen LogP contribution < -0.4 is 0 Å². The maximum Gasteiger partial charge on any atom is 0.378 e. The van der Waals surface area contributed by atoms with Gasteiger partial charge in [0.2, 0.25) is 11.5 Å². The van der Waals surface area contributed by atoms with Gasteiger partial charge in [-0.15, -0.1) is 0 Å². The normalized spacial score (nSPS) is 26.3. The van der Waals surface area contributed by atoms with Gasteiger partial charge in [0, 0.05) is 12.4 Å². The number of ether oxygens (including phenoxy) is 4. The molecule has 0 radical (unpaired) electrons. The zero-order valence-corrected chi connectivity index (χ0v) is 12.5. The van der Waals surface area contributed by atoms with E-state index < -0.39 is 35.7 Å². The molecule has 3 heterocycles. The van der Waals surface area contributed by atoms with Gasteiger partial charge in [0.25, 0.3) is 0 Å². The van der Waals surface area contributed by atoms with Crippen LogP contribution in [0.5, 0.6) is 0 Å². The first-order valence-electron chi connectivity index (χ1n) is 6.95. The molecule has 0 saturated carbocycles. The number of aromatic nitrogens is 1. The second-order valence-electron chi connectivity index (χ2n) is 5.54. The molecule has 2 atom stereocenters. The van der Waals surface area contributed by atoms with Crippen LogP contribution in [-0.4, -0.2) is 46.6 Å². The van der Waals surface area contributed by atoms with Gasteiger partial charge in [0.1, 0.15) is 6.10 Å². The minimum atomic E-state index is -1.05. The molecule has 122 valence electrons. The van der Waals surface area contributed by atoms with Crippen molar-refractivity contribution in [3.8, 4) is 0 Å². The van der Waals surface area contributed by atoms with Crippen LogP contribution in [0.1, 0.15) is 24.2 Å². The molecule has 0 bridgehead atoms. The predicted molar refractivity (Wildman–Crippen MR) is 74.1 cm³/mol. The van der Waals surface area contributed by atoms with Crippen LogP contribution in [0, 0.1) is 0 Å². The van der Waals surface area contributed by atoms with E-state index in [-0.39, 0.29) is 17.9 Å². The highest BCUT2D eigenvalue weighted by Crippen LogP contribution is 2.33. The molecule has 0 aliphatic carbocycles. The van der Waals surface area contributed by atoms with Crippen molar-refractivity contribution < 1.29 is 33.6 Å². The Morgan fingerprint density at radius 3 is 2.87 bits per heavy atom. The first kappa shape index (κ1) is 15.4. The van der Waals surface area contributed by atoms with E-state index in [9.17, 15) is 14.7 Å². The van der Waals surface area contributed by atoms with Crippen molar-refractivity contribution in [2.75, 3.05) is 6.61 Å². The molecule has 8 heteroatoms. The largest absolute Gasteiger partial charge is 0.499 e. The minimum absolute atomic E-state index is 0.131. The first-order chi connectivity index (χ1) is 10.9. The first-order valence-corrected chi connectivity index (χ1v) is 6.95. The zero-order valence-electron chi connectivity index (χ0n) is 12.5. The lowest BCUT2D eigenvalue weighted by molar-refractivity contribution is -0.163. The summed E-state index contributed by atoms with van der Waals surface area (Å²) in [5, 5.41) is 9.83. The SMILES string of the molecule is CC1(C)OCC(C2OC(=O)C(O)=C2OC(=O)c2cccnc2)O1. The van der Waals surface area contributed by atoms with Crippen molar-refractivity contribution in [3.05, 3.63) is 41.6 Å². The van der Waals surface area contributed by atoms with Crippen LogP contribution in [0.25, 0.3) is 0 Å². The number of aliphatic hydroxyl groups excluding tert-OH is 1. The van der Waals surface area contributed by atoms with Gasteiger partial charge in [0.05, 0.1) is 12.2 Å². The average molecular weight is 321 g/mol. The Morgan fingerprint density at radius 2 is 2.26 bits per heavy atom. The Kier molecular flexibility index (Phi) is 3.78. The van der Waals surface area contributed by atoms with Gasteiger partial charge in [-0.2, -0.15) is 0 Å². The quantitative estimate of drug-likeness (QED) is 0.825. The third-order valence-electron chi connectivity index (χ3n) is 3.39.